The molecule has 22 heavy (non-hydrogen) atoms. The number of aryl methyl sites for hydroxylation is 1. The first-order valence-corrected chi connectivity index (χ1v) is 8.75. The highest BCUT2D eigenvalue weighted by Gasteiger charge is 2.27. The van der Waals surface area contributed by atoms with Crippen molar-refractivity contribution in [3.63, 3.8) is 0 Å². The number of fused-ring (bicyclic) bond motifs is 4. The van der Waals surface area contributed by atoms with Gasteiger partial charge in [-0.05, 0) is 47.5 Å². The van der Waals surface area contributed by atoms with Gasteiger partial charge in [0.25, 0.3) is 0 Å². The molecule has 0 saturated carbocycles. The van der Waals surface area contributed by atoms with E-state index in [0.29, 0.717) is 5.92 Å². The van der Waals surface area contributed by atoms with Gasteiger partial charge in [-0.25, -0.2) is 0 Å². The summed E-state index contributed by atoms with van der Waals surface area (Å²) in [6, 6.07) is 8.54. The van der Waals surface area contributed by atoms with Gasteiger partial charge in [0.05, 0.1) is 16.1 Å². The summed E-state index contributed by atoms with van der Waals surface area (Å²) >= 11 is 1.75. The third-order valence-corrected chi connectivity index (χ3v) is 5.66. The number of nitrogens with zero attached hydrogens (tertiary/aromatic N) is 1. The summed E-state index contributed by atoms with van der Waals surface area (Å²) in [6.07, 6.45) is 0.787. The fourth-order valence-electron chi connectivity index (χ4n) is 3.51. The molecule has 1 aliphatic carbocycles. The van der Waals surface area contributed by atoms with Gasteiger partial charge < -0.3 is 4.57 Å². The van der Waals surface area contributed by atoms with Crippen molar-refractivity contribution < 1.29 is 0 Å². The Morgan fingerprint density at radius 2 is 2.09 bits per heavy atom. The maximum atomic E-state index is 13.0. The summed E-state index contributed by atoms with van der Waals surface area (Å²) in [6.45, 7) is 7.39. The van der Waals surface area contributed by atoms with Gasteiger partial charge in [-0.2, -0.15) is 0 Å². The number of hydrogen-bond donors (Lipinski definition) is 0. The van der Waals surface area contributed by atoms with Crippen molar-refractivity contribution in [2.24, 2.45) is 0 Å². The molecular weight excluding hydrogens is 290 g/mol. The Morgan fingerprint density at radius 1 is 1.27 bits per heavy atom. The smallest absolute Gasteiger partial charge is 0.193 e. The van der Waals surface area contributed by atoms with Crippen LogP contribution in [-0.2, 0) is 13.0 Å². The van der Waals surface area contributed by atoms with E-state index >= 15 is 0 Å². The predicted molar refractivity (Wildman–Crippen MR) is 94.1 cm³/mol. The first-order chi connectivity index (χ1) is 10.6. The third-order valence-electron chi connectivity index (χ3n) is 4.70. The summed E-state index contributed by atoms with van der Waals surface area (Å²) in [4.78, 5) is 14.3. The molecule has 112 valence electrons. The lowest BCUT2D eigenvalue weighted by molar-refractivity contribution is 0.793. The highest BCUT2D eigenvalue weighted by molar-refractivity contribution is 7.13. The molecule has 2 heterocycles. The number of pyridine rings is 1. The van der Waals surface area contributed by atoms with Crippen LogP contribution >= 0.6 is 11.3 Å². The summed E-state index contributed by atoms with van der Waals surface area (Å²) < 4.78 is 2.32. The molecule has 1 aliphatic rings. The number of aromatic nitrogens is 1. The molecule has 0 amide bonds. The molecule has 0 aliphatic heterocycles. The van der Waals surface area contributed by atoms with Gasteiger partial charge in [0.15, 0.2) is 5.43 Å². The van der Waals surface area contributed by atoms with E-state index in [0.717, 1.165) is 35.1 Å². The Labute approximate surface area is 134 Å². The van der Waals surface area contributed by atoms with Gasteiger partial charge in [-0.1, -0.05) is 19.9 Å². The first-order valence-electron chi connectivity index (χ1n) is 7.88. The topological polar surface area (TPSA) is 22.0 Å². The van der Waals surface area contributed by atoms with Crippen LogP contribution in [0.5, 0.6) is 0 Å². The second-order valence-corrected chi connectivity index (χ2v) is 7.20. The molecule has 0 spiro atoms. The van der Waals surface area contributed by atoms with Crippen LogP contribution < -0.4 is 5.43 Å². The van der Waals surface area contributed by atoms with Crippen molar-refractivity contribution in [3.05, 3.63) is 56.6 Å². The van der Waals surface area contributed by atoms with E-state index < -0.39 is 0 Å². The highest BCUT2D eigenvalue weighted by atomic mass is 32.1. The fraction of sp³-hybridized carbons (Fsp3) is 0.316. The van der Waals surface area contributed by atoms with E-state index in [9.17, 15) is 4.79 Å². The van der Waals surface area contributed by atoms with Crippen LogP contribution in [0.3, 0.4) is 0 Å². The van der Waals surface area contributed by atoms with Gasteiger partial charge in [0, 0.05) is 23.9 Å². The minimum atomic E-state index is 0.223. The number of rotatable bonds is 2. The minimum absolute atomic E-state index is 0.223. The molecule has 2 nitrogen and oxygen atoms in total. The Bertz CT molecular complexity index is 946. The second kappa shape index (κ2) is 4.82. The number of benzene rings is 1. The molecule has 0 unspecified atom stereocenters. The van der Waals surface area contributed by atoms with Crippen molar-refractivity contribution >= 4 is 22.2 Å². The molecule has 0 saturated heterocycles. The van der Waals surface area contributed by atoms with E-state index in [1.807, 2.05) is 0 Å². The van der Waals surface area contributed by atoms with Crippen molar-refractivity contribution in [1.82, 2.24) is 4.57 Å². The largest absolute Gasteiger partial charge is 0.340 e. The van der Waals surface area contributed by atoms with Gasteiger partial charge in [0.1, 0.15) is 0 Å². The zero-order valence-corrected chi connectivity index (χ0v) is 14.0. The molecule has 0 N–H and O–H groups in total. The van der Waals surface area contributed by atoms with Crippen LogP contribution in [0.4, 0.5) is 0 Å². The van der Waals surface area contributed by atoms with Crippen LogP contribution in [0, 0.1) is 0 Å². The average Bonchev–Trinajstić information content (AvgIpc) is 3.09. The van der Waals surface area contributed by atoms with Crippen molar-refractivity contribution in [2.45, 2.75) is 39.7 Å². The lowest BCUT2D eigenvalue weighted by Crippen LogP contribution is -2.15. The zero-order chi connectivity index (χ0) is 15.4. The van der Waals surface area contributed by atoms with Crippen LogP contribution in [0.2, 0.25) is 0 Å². The van der Waals surface area contributed by atoms with Gasteiger partial charge >= 0.3 is 0 Å². The Balaban J connectivity index is 2.13. The second-order valence-electron chi connectivity index (χ2n) is 6.28. The third kappa shape index (κ3) is 1.75. The van der Waals surface area contributed by atoms with Crippen LogP contribution in [0.1, 0.15) is 43.4 Å². The molecule has 3 heteroatoms. The van der Waals surface area contributed by atoms with Crippen LogP contribution in [0.25, 0.3) is 21.5 Å². The Hall–Kier alpha value is -1.87. The maximum absolute atomic E-state index is 13.0. The van der Waals surface area contributed by atoms with Crippen molar-refractivity contribution in [3.8, 4) is 10.6 Å². The molecular formula is C19H19NOS. The van der Waals surface area contributed by atoms with E-state index in [-0.39, 0.29) is 5.43 Å². The van der Waals surface area contributed by atoms with E-state index in [4.69, 9.17) is 0 Å². The predicted octanol–water partition coefficient (Wildman–Crippen LogP) is 4.78. The standard InChI is InChI=1S/C19H19NOS/c1-4-20-16-6-5-12(11(2)3)9-14(16)18(21)15-10-13-7-8-22-19(13)17(15)20/h5-9,11H,4,10H2,1-3H3. The first kappa shape index (κ1) is 13.8. The lowest BCUT2D eigenvalue weighted by Gasteiger charge is -2.16. The average molecular weight is 309 g/mol. The molecule has 1 aromatic carbocycles. The fourth-order valence-corrected chi connectivity index (χ4v) is 4.51. The van der Waals surface area contributed by atoms with Gasteiger partial charge in [-0.15, -0.1) is 11.3 Å². The Kier molecular flexibility index (Phi) is 3.01. The van der Waals surface area contributed by atoms with Gasteiger partial charge in [0.2, 0.25) is 0 Å². The number of thiophene rings is 1. The molecule has 0 fully saturated rings. The molecule has 0 bridgehead atoms. The quantitative estimate of drug-likeness (QED) is 0.522. The van der Waals surface area contributed by atoms with Gasteiger partial charge in [-0.3, -0.25) is 4.79 Å². The molecule has 4 rings (SSSR count). The van der Waals surface area contributed by atoms with E-state index in [1.54, 1.807) is 11.3 Å². The monoisotopic (exact) mass is 309 g/mol. The molecule has 0 atom stereocenters. The minimum Gasteiger partial charge on any atom is -0.340 e. The van der Waals surface area contributed by atoms with E-state index in [1.165, 1.54) is 16.0 Å². The van der Waals surface area contributed by atoms with Crippen LogP contribution in [0.15, 0.2) is 34.4 Å². The van der Waals surface area contributed by atoms with E-state index in [2.05, 4.69) is 55.0 Å². The lowest BCUT2D eigenvalue weighted by atomic mass is 9.99. The summed E-state index contributed by atoms with van der Waals surface area (Å²) in [5.41, 5.74) is 5.97. The Morgan fingerprint density at radius 3 is 2.82 bits per heavy atom. The van der Waals surface area contributed by atoms with Crippen molar-refractivity contribution in [2.75, 3.05) is 0 Å². The summed E-state index contributed by atoms with van der Waals surface area (Å²) in [5.74, 6) is 0.439. The normalized spacial score (nSPS) is 12.9. The summed E-state index contributed by atoms with van der Waals surface area (Å²) in [7, 11) is 0. The molecule has 0 radical (unpaired) electrons. The molecule has 3 aromatic rings. The van der Waals surface area contributed by atoms with Crippen LogP contribution in [-0.4, -0.2) is 4.57 Å². The number of hydrogen-bond acceptors (Lipinski definition) is 2. The summed E-state index contributed by atoms with van der Waals surface area (Å²) in [5, 5.41) is 3.01. The SMILES string of the molecule is CCn1c2c(c(=O)c3cc(C(C)C)ccc31)Cc1ccsc1-2. The van der Waals surface area contributed by atoms with Crippen molar-refractivity contribution in [1.29, 1.82) is 0 Å². The molecule has 2 aromatic heterocycles. The highest BCUT2D eigenvalue weighted by Crippen LogP contribution is 2.40. The zero-order valence-electron chi connectivity index (χ0n) is 13.1. The maximum Gasteiger partial charge on any atom is 0.193 e.